The van der Waals surface area contributed by atoms with Crippen LogP contribution in [-0.4, -0.2) is 75.5 Å². The first kappa shape index (κ1) is 22.6. The number of para-hydroxylation sites is 2. The first-order valence-electron chi connectivity index (χ1n) is 10.8. The van der Waals surface area contributed by atoms with Crippen LogP contribution in [0.2, 0.25) is 0 Å². The van der Waals surface area contributed by atoms with Crippen LogP contribution in [0.3, 0.4) is 0 Å². The van der Waals surface area contributed by atoms with E-state index in [1.165, 1.54) is 4.31 Å². The van der Waals surface area contributed by atoms with Crippen LogP contribution in [0.1, 0.15) is 11.1 Å². The molecule has 0 spiro atoms. The summed E-state index contributed by atoms with van der Waals surface area (Å²) in [7, 11) is -3.53. The molecular weight excluding hydrogens is 430 g/mol. The molecule has 0 saturated carbocycles. The minimum Gasteiger partial charge on any atom is -0.486 e. The number of fused-ring (bicyclic) bond motifs is 1. The number of hydrogen-bond donors (Lipinski definition) is 1. The molecule has 0 aromatic heterocycles. The maximum Gasteiger partial charge on any atom is 0.243 e. The van der Waals surface area contributed by atoms with E-state index in [0.29, 0.717) is 55.7 Å². The van der Waals surface area contributed by atoms with Gasteiger partial charge in [0.1, 0.15) is 12.7 Å². The van der Waals surface area contributed by atoms with Crippen molar-refractivity contribution in [3.63, 3.8) is 0 Å². The Bertz CT molecular complexity index is 1080. The summed E-state index contributed by atoms with van der Waals surface area (Å²) in [6.07, 6.45) is -0.242. The number of hydrogen-bond acceptors (Lipinski definition) is 6. The third kappa shape index (κ3) is 5.06. The molecule has 2 aliphatic heterocycles. The van der Waals surface area contributed by atoms with Gasteiger partial charge in [0, 0.05) is 26.2 Å². The van der Waals surface area contributed by atoms with Crippen molar-refractivity contribution in [2.24, 2.45) is 0 Å². The molecule has 1 atom stereocenters. The lowest BCUT2D eigenvalue weighted by Gasteiger charge is -2.34. The lowest BCUT2D eigenvalue weighted by molar-refractivity contribution is -0.123. The molecule has 0 aliphatic carbocycles. The van der Waals surface area contributed by atoms with Crippen LogP contribution in [0.4, 0.5) is 0 Å². The van der Waals surface area contributed by atoms with Crippen molar-refractivity contribution in [3.8, 4) is 11.5 Å². The molecule has 1 saturated heterocycles. The SMILES string of the molecule is Cc1ccc(S(=O)(=O)N2CCN(CC(=O)NCC3COc4ccccc4O3)CC2)c(C)c1. The van der Waals surface area contributed by atoms with Crippen molar-refractivity contribution in [3.05, 3.63) is 53.6 Å². The molecule has 2 aromatic rings. The molecule has 172 valence electrons. The summed E-state index contributed by atoms with van der Waals surface area (Å²) in [5.41, 5.74) is 1.79. The van der Waals surface area contributed by atoms with E-state index in [2.05, 4.69) is 5.32 Å². The Morgan fingerprint density at radius 3 is 2.50 bits per heavy atom. The van der Waals surface area contributed by atoms with Crippen molar-refractivity contribution in [2.45, 2.75) is 24.8 Å². The summed E-state index contributed by atoms with van der Waals surface area (Å²) in [5.74, 6) is 1.28. The van der Waals surface area contributed by atoms with E-state index in [1.807, 2.05) is 55.1 Å². The van der Waals surface area contributed by atoms with Crippen molar-refractivity contribution >= 4 is 15.9 Å². The Balaban J connectivity index is 1.24. The number of sulfonamides is 1. The lowest BCUT2D eigenvalue weighted by atomic mass is 10.2. The summed E-state index contributed by atoms with van der Waals surface area (Å²) < 4.78 is 39.1. The molecule has 1 fully saturated rings. The molecular formula is C23H29N3O5S. The van der Waals surface area contributed by atoms with Crippen molar-refractivity contribution < 1.29 is 22.7 Å². The Morgan fingerprint density at radius 1 is 1.06 bits per heavy atom. The van der Waals surface area contributed by atoms with Gasteiger partial charge in [-0.3, -0.25) is 9.69 Å². The van der Waals surface area contributed by atoms with E-state index in [0.717, 1.165) is 11.1 Å². The topological polar surface area (TPSA) is 88.2 Å². The Morgan fingerprint density at radius 2 is 1.78 bits per heavy atom. The lowest BCUT2D eigenvalue weighted by Crippen LogP contribution is -2.51. The molecule has 2 aromatic carbocycles. The standard InChI is InChI=1S/C23H29N3O5S/c1-17-7-8-22(18(2)13-17)32(28,29)26-11-9-25(10-12-26)15-23(27)24-14-19-16-30-20-5-3-4-6-21(20)31-19/h3-8,13,19H,9-12,14-16H2,1-2H3,(H,24,27). The zero-order valence-electron chi connectivity index (χ0n) is 18.4. The molecule has 32 heavy (non-hydrogen) atoms. The van der Waals surface area contributed by atoms with E-state index in [1.54, 1.807) is 6.07 Å². The van der Waals surface area contributed by atoms with Gasteiger partial charge in [-0.1, -0.05) is 29.8 Å². The van der Waals surface area contributed by atoms with Gasteiger partial charge in [-0.2, -0.15) is 4.31 Å². The molecule has 1 amide bonds. The third-order valence-electron chi connectivity index (χ3n) is 5.74. The Labute approximate surface area is 189 Å². The summed E-state index contributed by atoms with van der Waals surface area (Å²) in [5, 5.41) is 2.89. The highest BCUT2D eigenvalue weighted by Crippen LogP contribution is 2.30. The van der Waals surface area contributed by atoms with Gasteiger partial charge in [0.05, 0.1) is 18.0 Å². The van der Waals surface area contributed by atoms with Crippen LogP contribution in [0.25, 0.3) is 0 Å². The van der Waals surface area contributed by atoms with E-state index < -0.39 is 10.0 Å². The van der Waals surface area contributed by atoms with Crippen LogP contribution >= 0.6 is 0 Å². The summed E-state index contributed by atoms with van der Waals surface area (Å²) in [6, 6.07) is 12.8. The quantitative estimate of drug-likeness (QED) is 0.706. The third-order valence-corrected chi connectivity index (χ3v) is 7.80. The first-order valence-corrected chi connectivity index (χ1v) is 12.2. The zero-order chi connectivity index (χ0) is 22.7. The molecule has 2 heterocycles. The van der Waals surface area contributed by atoms with Crippen molar-refractivity contribution in [1.82, 2.24) is 14.5 Å². The number of nitrogens with zero attached hydrogens (tertiary/aromatic N) is 2. The van der Waals surface area contributed by atoms with Gasteiger partial charge >= 0.3 is 0 Å². The summed E-state index contributed by atoms with van der Waals surface area (Å²) in [4.78, 5) is 14.7. The highest BCUT2D eigenvalue weighted by molar-refractivity contribution is 7.89. The number of piperazine rings is 1. The summed E-state index contributed by atoms with van der Waals surface area (Å²) in [6.45, 7) is 6.46. The Kier molecular flexibility index (Phi) is 6.68. The van der Waals surface area contributed by atoms with Gasteiger partial charge in [0.2, 0.25) is 15.9 Å². The number of carbonyl (C=O) groups is 1. The molecule has 8 nitrogen and oxygen atoms in total. The number of ether oxygens (including phenoxy) is 2. The second-order valence-corrected chi connectivity index (χ2v) is 10.2. The van der Waals surface area contributed by atoms with Gasteiger partial charge in [0.25, 0.3) is 0 Å². The minimum atomic E-state index is -3.53. The number of nitrogens with one attached hydrogen (secondary N) is 1. The second-order valence-electron chi connectivity index (χ2n) is 8.25. The van der Waals surface area contributed by atoms with E-state index in [9.17, 15) is 13.2 Å². The van der Waals surface area contributed by atoms with E-state index in [-0.39, 0.29) is 18.6 Å². The molecule has 1 N–H and O–H groups in total. The molecule has 9 heteroatoms. The van der Waals surface area contributed by atoms with Crippen LogP contribution in [0, 0.1) is 13.8 Å². The largest absolute Gasteiger partial charge is 0.486 e. The number of benzene rings is 2. The normalized spacial score (nSPS) is 19.5. The first-order chi connectivity index (χ1) is 15.3. The van der Waals surface area contributed by atoms with Crippen LogP contribution in [0.15, 0.2) is 47.4 Å². The fraction of sp³-hybridized carbons (Fsp3) is 0.435. The number of aryl methyl sites for hydroxylation is 2. The van der Waals surface area contributed by atoms with Crippen LogP contribution in [-0.2, 0) is 14.8 Å². The highest BCUT2D eigenvalue weighted by atomic mass is 32.2. The predicted molar refractivity (Wildman–Crippen MR) is 120 cm³/mol. The minimum absolute atomic E-state index is 0.113. The second kappa shape index (κ2) is 9.48. The van der Waals surface area contributed by atoms with Crippen molar-refractivity contribution in [2.75, 3.05) is 45.9 Å². The molecule has 2 aliphatic rings. The monoisotopic (exact) mass is 459 g/mol. The Hall–Kier alpha value is -2.62. The zero-order valence-corrected chi connectivity index (χ0v) is 19.2. The number of amides is 1. The van der Waals surface area contributed by atoms with Gasteiger partial charge in [-0.05, 0) is 37.6 Å². The molecule has 1 unspecified atom stereocenters. The summed E-state index contributed by atoms with van der Waals surface area (Å²) >= 11 is 0. The smallest absolute Gasteiger partial charge is 0.243 e. The maximum absolute atomic E-state index is 13.0. The molecule has 4 rings (SSSR count). The number of rotatable bonds is 6. The van der Waals surface area contributed by atoms with Gasteiger partial charge in [-0.15, -0.1) is 0 Å². The highest BCUT2D eigenvalue weighted by Gasteiger charge is 2.30. The van der Waals surface area contributed by atoms with Gasteiger partial charge in [-0.25, -0.2) is 8.42 Å². The average molecular weight is 460 g/mol. The van der Waals surface area contributed by atoms with Gasteiger partial charge < -0.3 is 14.8 Å². The molecule has 0 radical (unpaired) electrons. The van der Waals surface area contributed by atoms with E-state index >= 15 is 0 Å². The maximum atomic E-state index is 13.0. The number of carbonyl (C=O) groups excluding carboxylic acids is 1. The molecule has 0 bridgehead atoms. The fourth-order valence-corrected chi connectivity index (χ4v) is 5.63. The van der Waals surface area contributed by atoms with Crippen LogP contribution < -0.4 is 14.8 Å². The van der Waals surface area contributed by atoms with E-state index in [4.69, 9.17) is 9.47 Å². The predicted octanol–water partition coefficient (Wildman–Crippen LogP) is 1.57. The fourth-order valence-electron chi connectivity index (χ4n) is 4.01. The van der Waals surface area contributed by atoms with Gasteiger partial charge in [0.15, 0.2) is 11.5 Å². The van der Waals surface area contributed by atoms with Crippen molar-refractivity contribution in [1.29, 1.82) is 0 Å². The van der Waals surface area contributed by atoms with Crippen LogP contribution in [0.5, 0.6) is 11.5 Å². The average Bonchev–Trinajstić information content (AvgIpc) is 2.77.